The molecule has 1 heterocycles. The van der Waals surface area contributed by atoms with Gasteiger partial charge < -0.3 is 14.7 Å². The van der Waals surface area contributed by atoms with E-state index in [4.69, 9.17) is 4.74 Å². The van der Waals surface area contributed by atoms with E-state index >= 15 is 0 Å². The van der Waals surface area contributed by atoms with Gasteiger partial charge in [-0.2, -0.15) is 0 Å². The Bertz CT molecular complexity index is 804. The van der Waals surface area contributed by atoms with Crippen LogP contribution >= 0.6 is 0 Å². The summed E-state index contributed by atoms with van der Waals surface area (Å²) in [5.74, 6) is 0. The Labute approximate surface area is 122 Å². The number of hydrogen-bond donors (Lipinski definition) is 3. The number of H-pyrrole nitrogens is 2. The molecule has 0 fully saturated rings. The SMILES string of the molecule is C=C(C)COCCNS(=O)(=O)c1ccc2[nH]c(=O)[nH]c2c1. The molecule has 8 heteroatoms. The molecule has 0 aliphatic heterocycles. The summed E-state index contributed by atoms with van der Waals surface area (Å²) >= 11 is 0. The van der Waals surface area contributed by atoms with E-state index in [0.29, 0.717) is 17.6 Å². The fourth-order valence-corrected chi connectivity index (χ4v) is 2.80. The van der Waals surface area contributed by atoms with E-state index in [1.54, 1.807) is 6.07 Å². The van der Waals surface area contributed by atoms with Gasteiger partial charge in [0.2, 0.25) is 10.0 Å². The van der Waals surface area contributed by atoms with Crippen molar-refractivity contribution in [3.05, 3.63) is 40.8 Å². The van der Waals surface area contributed by atoms with Crippen molar-refractivity contribution in [1.82, 2.24) is 14.7 Å². The number of aromatic amines is 2. The molecule has 1 aromatic heterocycles. The van der Waals surface area contributed by atoms with Crippen LogP contribution in [0.25, 0.3) is 11.0 Å². The van der Waals surface area contributed by atoms with Crippen LogP contribution in [0.4, 0.5) is 0 Å². The molecule has 0 saturated heterocycles. The van der Waals surface area contributed by atoms with Gasteiger partial charge >= 0.3 is 5.69 Å². The zero-order valence-electron chi connectivity index (χ0n) is 11.6. The molecular weight excluding hydrogens is 294 g/mol. The summed E-state index contributed by atoms with van der Waals surface area (Å²) in [5, 5.41) is 0. The molecular formula is C13H17N3O4S. The van der Waals surface area contributed by atoms with E-state index in [1.807, 2.05) is 6.92 Å². The second-order valence-corrected chi connectivity index (χ2v) is 6.46. The van der Waals surface area contributed by atoms with Crippen molar-refractivity contribution < 1.29 is 13.2 Å². The molecule has 0 atom stereocenters. The molecule has 0 aliphatic rings. The van der Waals surface area contributed by atoms with Gasteiger partial charge in [0.1, 0.15) is 0 Å². The van der Waals surface area contributed by atoms with Crippen LogP contribution in [0, 0.1) is 0 Å². The Morgan fingerprint density at radius 3 is 2.76 bits per heavy atom. The van der Waals surface area contributed by atoms with Gasteiger partial charge in [-0.25, -0.2) is 17.9 Å². The molecule has 0 amide bonds. The van der Waals surface area contributed by atoms with Crippen LogP contribution in [-0.4, -0.2) is 38.1 Å². The third-order valence-electron chi connectivity index (χ3n) is 2.68. The highest BCUT2D eigenvalue weighted by atomic mass is 32.2. The maximum Gasteiger partial charge on any atom is 0.323 e. The molecule has 0 saturated carbocycles. The average molecular weight is 311 g/mol. The first-order valence-corrected chi connectivity index (χ1v) is 7.80. The minimum atomic E-state index is -3.63. The largest absolute Gasteiger partial charge is 0.376 e. The van der Waals surface area contributed by atoms with Crippen molar-refractivity contribution in [2.45, 2.75) is 11.8 Å². The van der Waals surface area contributed by atoms with Crippen molar-refractivity contribution in [3.63, 3.8) is 0 Å². The lowest BCUT2D eigenvalue weighted by Gasteiger charge is -2.07. The topological polar surface area (TPSA) is 104 Å². The third-order valence-corrected chi connectivity index (χ3v) is 4.14. The fraction of sp³-hybridized carbons (Fsp3) is 0.308. The first kappa shape index (κ1) is 15.5. The van der Waals surface area contributed by atoms with Gasteiger partial charge in [0, 0.05) is 6.54 Å². The van der Waals surface area contributed by atoms with E-state index in [0.717, 1.165) is 5.57 Å². The summed E-state index contributed by atoms with van der Waals surface area (Å²) in [5.41, 5.74) is 1.51. The normalized spacial score (nSPS) is 11.9. The van der Waals surface area contributed by atoms with Gasteiger partial charge in [0.15, 0.2) is 0 Å². The summed E-state index contributed by atoms with van der Waals surface area (Å²) < 4.78 is 31.8. The van der Waals surface area contributed by atoms with Crippen LogP contribution < -0.4 is 10.4 Å². The van der Waals surface area contributed by atoms with Gasteiger partial charge in [-0.3, -0.25) is 0 Å². The van der Waals surface area contributed by atoms with Gasteiger partial charge in [0.25, 0.3) is 0 Å². The first-order chi connectivity index (χ1) is 9.88. The molecule has 0 unspecified atom stereocenters. The minimum Gasteiger partial charge on any atom is -0.376 e. The molecule has 21 heavy (non-hydrogen) atoms. The number of hydrogen-bond acceptors (Lipinski definition) is 4. The first-order valence-electron chi connectivity index (χ1n) is 6.32. The lowest BCUT2D eigenvalue weighted by molar-refractivity contribution is 0.162. The van der Waals surface area contributed by atoms with Gasteiger partial charge in [0.05, 0.1) is 29.1 Å². The van der Waals surface area contributed by atoms with Crippen molar-refractivity contribution in [3.8, 4) is 0 Å². The average Bonchev–Trinajstić information content (AvgIpc) is 2.76. The number of rotatable bonds is 7. The molecule has 2 aromatic rings. The fourth-order valence-electron chi connectivity index (χ4n) is 1.76. The number of sulfonamides is 1. The highest BCUT2D eigenvalue weighted by Gasteiger charge is 2.14. The Balaban J connectivity index is 2.03. The van der Waals surface area contributed by atoms with Crippen LogP contribution in [0.3, 0.4) is 0 Å². The van der Waals surface area contributed by atoms with Crippen LogP contribution in [-0.2, 0) is 14.8 Å². The van der Waals surface area contributed by atoms with E-state index in [1.165, 1.54) is 12.1 Å². The zero-order chi connectivity index (χ0) is 15.5. The van der Waals surface area contributed by atoms with E-state index in [9.17, 15) is 13.2 Å². The Kier molecular flexibility index (Phi) is 4.61. The van der Waals surface area contributed by atoms with E-state index in [-0.39, 0.29) is 23.7 Å². The van der Waals surface area contributed by atoms with Crippen molar-refractivity contribution in [2.75, 3.05) is 19.8 Å². The summed E-state index contributed by atoms with van der Waals surface area (Å²) in [4.78, 5) is 16.3. The van der Waals surface area contributed by atoms with Crippen LogP contribution in [0.5, 0.6) is 0 Å². The highest BCUT2D eigenvalue weighted by molar-refractivity contribution is 7.89. The quantitative estimate of drug-likeness (QED) is 0.518. The maximum absolute atomic E-state index is 12.1. The number of ether oxygens (including phenoxy) is 1. The van der Waals surface area contributed by atoms with Gasteiger partial charge in [-0.1, -0.05) is 12.2 Å². The Hall–Kier alpha value is -1.90. The highest BCUT2D eigenvalue weighted by Crippen LogP contribution is 2.14. The molecule has 2 rings (SSSR count). The molecule has 1 aromatic carbocycles. The standard InChI is InChI=1S/C13H17N3O4S/c1-9(2)8-20-6-5-14-21(18,19)10-3-4-11-12(7-10)16-13(17)15-11/h3-4,7,14H,1,5-6,8H2,2H3,(H2,15,16,17). The molecule has 114 valence electrons. The van der Waals surface area contributed by atoms with Crippen molar-refractivity contribution in [1.29, 1.82) is 0 Å². The number of fused-ring (bicyclic) bond motifs is 1. The lowest BCUT2D eigenvalue weighted by Crippen LogP contribution is -2.27. The zero-order valence-corrected chi connectivity index (χ0v) is 12.4. The van der Waals surface area contributed by atoms with Gasteiger partial charge in [-0.05, 0) is 25.1 Å². The molecule has 3 N–H and O–H groups in total. The molecule has 7 nitrogen and oxygen atoms in total. The van der Waals surface area contributed by atoms with Gasteiger partial charge in [-0.15, -0.1) is 0 Å². The smallest absolute Gasteiger partial charge is 0.323 e. The predicted octanol–water partition coefficient (Wildman–Crippen LogP) is 0.727. The summed E-state index contributed by atoms with van der Waals surface area (Å²) in [6.07, 6.45) is 0. The monoisotopic (exact) mass is 311 g/mol. The number of aromatic nitrogens is 2. The Morgan fingerprint density at radius 2 is 2.05 bits per heavy atom. The Morgan fingerprint density at radius 1 is 1.33 bits per heavy atom. The lowest BCUT2D eigenvalue weighted by atomic mass is 10.3. The van der Waals surface area contributed by atoms with E-state index < -0.39 is 10.0 Å². The summed E-state index contributed by atoms with van der Waals surface area (Å²) in [6, 6.07) is 4.38. The van der Waals surface area contributed by atoms with Crippen LogP contribution in [0.2, 0.25) is 0 Å². The number of benzene rings is 1. The minimum absolute atomic E-state index is 0.0881. The maximum atomic E-state index is 12.1. The predicted molar refractivity (Wildman–Crippen MR) is 79.7 cm³/mol. The van der Waals surface area contributed by atoms with Crippen molar-refractivity contribution >= 4 is 21.1 Å². The summed E-state index contributed by atoms with van der Waals surface area (Å²) in [7, 11) is -3.63. The number of nitrogens with one attached hydrogen (secondary N) is 3. The van der Waals surface area contributed by atoms with Crippen LogP contribution in [0.1, 0.15) is 6.92 Å². The molecule has 0 aliphatic carbocycles. The van der Waals surface area contributed by atoms with E-state index in [2.05, 4.69) is 21.3 Å². The molecule has 0 spiro atoms. The van der Waals surface area contributed by atoms with Crippen LogP contribution in [0.15, 0.2) is 40.0 Å². The summed E-state index contributed by atoms with van der Waals surface area (Å²) in [6.45, 7) is 6.34. The third kappa shape index (κ3) is 4.03. The molecule has 0 radical (unpaired) electrons. The second-order valence-electron chi connectivity index (χ2n) is 4.69. The van der Waals surface area contributed by atoms with Crippen molar-refractivity contribution in [2.24, 2.45) is 0 Å². The molecule has 0 bridgehead atoms. The number of imidazole rings is 1. The second kappa shape index (κ2) is 6.25.